The van der Waals surface area contributed by atoms with Gasteiger partial charge in [-0.25, -0.2) is 0 Å². The normalized spacial score (nSPS) is 57.0. The van der Waals surface area contributed by atoms with E-state index in [-0.39, 0.29) is 12.2 Å². The molecule has 3 saturated heterocycles. The van der Waals surface area contributed by atoms with E-state index in [0.717, 1.165) is 17.5 Å². The number of hydrogen-bond acceptors (Lipinski definition) is 2. The van der Waals surface area contributed by atoms with Crippen LogP contribution in [0.4, 0.5) is 0 Å². The van der Waals surface area contributed by atoms with Gasteiger partial charge in [-0.1, -0.05) is 0 Å². The largest absolute Gasteiger partial charge is 0.384 e. The number of piperidine rings is 1. The third-order valence-electron chi connectivity index (χ3n) is 4.62. The molecule has 0 bridgehead atoms. The molecule has 5 atom stereocenters. The standard InChI is InChI=1S/C11H20NO2/c1-12-5-2-3-9(12)10(13)11-8(7-12)4-6-14-11/h8-11,13H,2-7H2,1H3/q+1/t8-,9-,10+,11-,12?/m0/s1. The van der Waals surface area contributed by atoms with Crippen LogP contribution < -0.4 is 0 Å². The minimum atomic E-state index is -0.205. The van der Waals surface area contributed by atoms with Crippen LogP contribution in [0.3, 0.4) is 0 Å². The van der Waals surface area contributed by atoms with Gasteiger partial charge in [0.15, 0.2) is 0 Å². The van der Waals surface area contributed by atoms with Gasteiger partial charge in [-0.3, -0.25) is 0 Å². The molecule has 1 unspecified atom stereocenters. The molecule has 14 heavy (non-hydrogen) atoms. The molecule has 0 radical (unpaired) electrons. The second kappa shape index (κ2) is 2.94. The van der Waals surface area contributed by atoms with Crippen molar-refractivity contribution in [2.45, 2.75) is 37.5 Å². The lowest BCUT2D eigenvalue weighted by molar-refractivity contribution is -0.933. The average molecular weight is 198 g/mol. The molecule has 3 nitrogen and oxygen atoms in total. The summed E-state index contributed by atoms with van der Waals surface area (Å²) in [5.41, 5.74) is 0. The second-order valence-corrected chi connectivity index (χ2v) is 5.47. The topological polar surface area (TPSA) is 29.5 Å². The van der Waals surface area contributed by atoms with Crippen molar-refractivity contribution in [3.63, 3.8) is 0 Å². The SMILES string of the molecule is C[N+]12CCC[C@H]1[C@@H](O)[C@H]1OCC[C@H]1C2. The fourth-order valence-corrected chi connectivity index (χ4v) is 3.89. The summed E-state index contributed by atoms with van der Waals surface area (Å²) in [7, 11) is 2.31. The van der Waals surface area contributed by atoms with E-state index in [2.05, 4.69) is 7.05 Å². The highest BCUT2D eigenvalue weighted by atomic mass is 16.5. The lowest BCUT2D eigenvalue weighted by atomic mass is 9.86. The van der Waals surface area contributed by atoms with Crippen LogP contribution in [0, 0.1) is 5.92 Å². The number of quaternary nitrogens is 1. The minimum Gasteiger partial charge on any atom is -0.384 e. The van der Waals surface area contributed by atoms with E-state index in [4.69, 9.17) is 4.74 Å². The zero-order valence-electron chi connectivity index (χ0n) is 8.85. The smallest absolute Gasteiger partial charge is 0.132 e. The van der Waals surface area contributed by atoms with Crippen molar-refractivity contribution in [3.8, 4) is 0 Å². The van der Waals surface area contributed by atoms with Crippen molar-refractivity contribution in [3.05, 3.63) is 0 Å². The first kappa shape index (κ1) is 9.13. The molecule has 0 aliphatic carbocycles. The van der Waals surface area contributed by atoms with E-state index in [9.17, 15) is 5.11 Å². The molecule has 0 aromatic carbocycles. The molecule has 3 fully saturated rings. The Bertz CT molecular complexity index is 245. The monoisotopic (exact) mass is 198 g/mol. The number of nitrogens with zero attached hydrogens (tertiary/aromatic N) is 1. The highest BCUT2D eigenvalue weighted by Crippen LogP contribution is 2.40. The molecule has 3 aliphatic heterocycles. The Labute approximate surface area is 85.2 Å². The van der Waals surface area contributed by atoms with E-state index in [0.29, 0.717) is 12.0 Å². The van der Waals surface area contributed by atoms with Crippen molar-refractivity contribution < 1.29 is 14.3 Å². The summed E-state index contributed by atoms with van der Waals surface area (Å²) in [6, 6.07) is 0.453. The van der Waals surface area contributed by atoms with E-state index in [1.54, 1.807) is 0 Å². The molecular formula is C11H20NO2+. The van der Waals surface area contributed by atoms with Gasteiger partial charge < -0.3 is 14.3 Å². The van der Waals surface area contributed by atoms with E-state index < -0.39 is 0 Å². The zero-order valence-corrected chi connectivity index (χ0v) is 8.85. The van der Waals surface area contributed by atoms with Crippen LogP contribution >= 0.6 is 0 Å². The van der Waals surface area contributed by atoms with Crippen molar-refractivity contribution in [1.29, 1.82) is 0 Å². The molecule has 1 N–H and O–H groups in total. The molecule has 3 heteroatoms. The molecule has 0 aromatic rings. The van der Waals surface area contributed by atoms with Gasteiger partial charge in [0.25, 0.3) is 0 Å². The Morgan fingerprint density at radius 3 is 3.07 bits per heavy atom. The second-order valence-electron chi connectivity index (χ2n) is 5.47. The van der Waals surface area contributed by atoms with Gasteiger partial charge in [-0.2, -0.15) is 0 Å². The number of aliphatic hydroxyl groups excluding tert-OH is 1. The zero-order chi connectivity index (χ0) is 9.76. The van der Waals surface area contributed by atoms with Crippen LogP contribution in [0.1, 0.15) is 19.3 Å². The highest BCUT2D eigenvalue weighted by Gasteiger charge is 2.55. The van der Waals surface area contributed by atoms with Gasteiger partial charge in [0.2, 0.25) is 0 Å². The first-order valence-corrected chi connectivity index (χ1v) is 5.85. The lowest BCUT2D eigenvalue weighted by Gasteiger charge is -2.47. The Kier molecular flexibility index (Phi) is 1.92. The van der Waals surface area contributed by atoms with Crippen molar-refractivity contribution >= 4 is 0 Å². The summed E-state index contributed by atoms with van der Waals surface area (Å²) in [5.74, 6) is 0.615. The third-order valence-corrected chi connectivity index (χ3v) is 4.62. The maximum absolute atomic E-state index is 10.3. The molecule has 80 valence electrons. The maximum Gasteiger partial charge on any atom is 0.132 e. The van der Waals surface area contributed by atoms with E-state index in [1.165, 1.54) is 25.9 Å². The molecule has 3 aliphatic rings. The summed E-state index contributed by atoms with van der Waals surface area (Å²) in [5, 5.41) is 10.3. The highest BCUT2D eigenvalue weighted by molar-refractivity contribution is 4.93. The Morgan fingerprint density at radius 1 is 1.36 bits per heavy atom. The van der Waals surface area contributed by atoms with Crippen LogP contribution in [0.5, 0.6) is 0 Å². The van der Waals surface area contributed by atoms with Gasteiger partial charge in [-0.15, -0.1) is 0 Å². The van der Waals surface area contributed by atoms with Gasteiger partial charge in [0, 0.05) is 25.4 Å². The predicted molar refractivity (Wildman–Crippen MR) is 52.8 cm³/mol. The number of fused-ring (bicyclic) bond motifs is 2. The minimum absolute atomic E-state index is 0.157. The summed E-state index contributed by atoms with van der Waals surface area (Å²) in [4.78, 5) is 0. The quantitative estimate of drug-likeness (QED) is 0.570. The lowest BCUT2D eigenvalue weighted by Crippen LogP contribution is -2.64. The van der Waals surface area contributed by atoms with Gasteiger partial charge in [-0.05, 0) is 6.42 Å². The van der Waals surface area contributed by atoms with E-state index >= 15 is 0 Å². The van der Waals surface area contributed by atoms with Crippen LogP contribution in [0.2, 0.25) is 0 Å². The predicted octanol–water partition coefficient (Wildman–Crippen LogP) is 0.375. The van der Waals surface area contributed by atoms with Crippen LogP contribution in [0.15, 0.2) is 0 Å². The van der Waals surface area contributed by atoms with Crippen molar-refractivity contribution in [1.82, 2.24) is 0 Å². The maximum atomic E-state index is 10.3. The van der Waals surface area contributed by atoms with Crippen molar-refractivity contribution in [2.24, 2.45) is 5.92 Å². The average Bonchev–Trinajstić information content (AvgIpc) is 2.70. The number of aliphatic hydroxyl groups is 1. The molecule has 0 aromatic heterocycles. The first-order valence-electron chi connectivity index (χ1n) is 5.85. The fraction of sp³-hybridized carbons (Fsp3) is 1.00. The van der Waals surface area contributed by atoms with E-state index in [1.807, 2.05) is 0 Å². The summed E-state index contributed by atoms with van der Waals surface area (Å²) in [6.07, 6.45) is 3.57. The Morgan fingerprint density at radius 2 is 2.21 bits per heavy atom. The molecular weight excluding hydrogens is 178 g/mol. The number of rotatable bonds is 0. The number of ether oxygens (including phenoxy) is 1. The summed E-state index contributed by atoms with van der Waals surface area (Å²) >= 11 is 0. The van der Waals surface area contributed by atoms with Gasteiger partial charge in [0.05, 0.1) is 26.2 Å². The van der Waals surface area contributed by atoms with Gasteiger partial charge in [0.1, 0.15) is 12.1 Å². The van der Waals surface area contributed by atoms with Crippen LogP contribution in [-0.4, -0.2) is 54.6 Å². The van der Waals surface area contributed by atoms with Crippen molar-refractivity contribution in [2.75, 3.05) is 26.7 Å². The molecule has 0 saturated carbocycles. The summed E-state index contributed by atoms with van der Waals surface area (Å²) in [6.45, 7) is 3.34. The van der Waals surface area contributed by atoms with Crippen LogP contribution in [0.25, 0.3) is 0 Å². The summed E-state index contributed by atoms with van der Waals surface area (Å²) < 4.78 is 6.77. The molecule has 0 amide bonds. The first-order chi connectivity index (χ1) is 6.71. The Hall–Kier alpha value is -0.120. The Balaban J connectivity index is 1.89. The third kappa shape index (κ3) is 1.09. The molecule has 3 rings (SSSR count). The fourth-order valence-electron chi connectivity index (χ4n) is 3.89. The van der Waals surface area contributed by atoms with Crippen LogP contribution in [-0.2, 0) is 4.74 Å². The number of likely N-dealkylation sites (N-methyl/N-ethyl adjacent to an activating group) is 1. The van der Waals surface area contributed by atoms with Gasteiger partial charge >= 0.3 is 0 Å². The molecule has 3 heterocycles. The number of hydrogen-bond donors (Lipinski definition) is 1. The molecule has 0 spiro atoms.